The van der Waals surface area contributed by atoms with E-state index in [1.54, 1.807) is 6.08 Å². The largest absolute Gasteiger partial charge is 0.493 e. The van der Waals surface area contributed by atoms with Crippen LogP contribution in [0.1, 0.15) is 15.9 Å². The van der Waals surface area contributed by atoms with Crippen LogP contribution in [0.4, 0.5) is 5.69 Å². The van der Waals surface area contributed by atoms with E-state index in [0.717, 1.165) is 16.3 Å². The van der Waals surface area contributed by atoms with Crippen molar-refractivity contribution in [2.24, 2.45) is 0 Å². The number of benzene rings is 3. The number of ether oxygens (including phenoxy) is 3. The number of esters is 1. The number of carbonyl (C=O) groups excluding carboxylic acids is 2. The van der Waals surface area contributed by atoms with E-state index in [1.165, 1.54) is 39.5 Å². The van der Waals surface area contributed by atoms with Gasteiger partial charge in [0.25, 0.3) is 0 Å². The molecule has 3 rings (SSSR count). The van der Waals surface area contributed by atoms with Gasteiger partial charge in [-0.2, -0.15) is 0 Å². The molecular weight excluding hydrogens is 370 g/mol. The Balaban J connectivity index is 1.84. The number of hydrogen-bond donors (Lipinski definition) is 1. The lowest BCUT2D eigenvalue weighted by atomic mass is 10.1. The molecule has 148 valence electrons. The highest BCUT2D eigenvalue weighted by Crippen LogP contribution is 2.33. The quantitative estimate of drug-likeness (QED) is 0.501. The molecule has 0 atom stereocenters. The maximum absolute atomic E-state index is 12.4. The summed E-state index contributed by atoms with van der Waals surface area (Å²) in [4.78, 5) is 24.5. The summed E-state index contributed by atoms with van der Waals surface area (Å²) in [5.41, 5.74) is 1.32. The minimum Gasteiger partial charge on any atom is -0.493 e. The Kier molecular flexibility index (Phi) is 6.14. The van der Waals surface area contributed by atoms with Gasteiger partial charge in [-0.3, -0.25) is 4.79 Å². The maximum Gasteiger partial charge on any atom is 0.340 e. The molecule has 0 radical (unpaired) electrons. The molecule has 0 unspecified atom stereocenters. The van der Waals surface area contributed by atoms with E-state index in [0.29, 0.717) is 11.5 Å². The van der Waals surface area contributed by atoms with E-state index in [-0.39, 0.29) is 11.3 Å². The molecular formula is C23H21NO5. The van der Waals surface area contributed by atoms with Crippen molar-refractivity contribution < 1.29 is 23.8 Å². The average Bonchev–Trinajstić information content (AvgIpc) is 2.76. The summed E-state index contributed by atoms with van der Waals surface area (Å²) in [6.07, 6.45) is 3.11. The van der Waals surface area contributed by atoms with Gasteiger partial charge in [0.2, 0.25) is 5.91 Å². The average molecular weight is 391 g/mol. The minimum absolute atomic E-state index is 0.164. The van der Waals surface area contributed by atoms with Crippen molar-refractivity contribution in [2.75, 3.05) is 26.6 Å². The van der Waals surface area contributed by atoms with Crippen LogP contribution in [-0.4, -0.2) is 33.2 Å². The zero-order chi connectivity index (χ0) is 20.8. The lowest BCUT2D eigenvalue weighted by molar-refractivity contribution is -0.111. The van der Waals surface area contributed by atoms with Crippen molar-refractivity contribution in [3.63, 3.8) is 0 Å². The molecule has 3 aromatic rings. The predicted octanol–water partition coefficient (Wildman–Crippen LogP) is 4.30. The highest BCUT2D eigenvalue weighted by Gasteiger charge is 2.18. The minimum atomic E-state index is -0.597. The van der Waals surface area contributed by atoms with Gasteiger partial charge in [0.15, 0.2) is 11.5 Å². The van der Waals surface area contributed by atoms with Crippen LogP contribution in [0.5, 0.6) is 11.5 Å². The second-order valence-corrected chi connectivity index (χ2v) is 6.17. The van der Waals surface area contributed by atoms with Gasteiger partial charge in [-0.05, 0) is 28.5 Å². The fraction of sp³-hybridized carbons (Fsp3) is 0.130. The van der Waals surface area contributed by atoms with Crippen molar-refractivity contribution in [1.82, 2.24) is 0 Å². The van der Waals surface area contributed by atoms with Crippen LogP contribution in [0.25, 0.3) is 16.8 Å². The zero-order valence-corrected chi connectivity index (χ0v) is 16.4. The third-order valence-corrected chi connectivity index (χ3v) is 4.39. The SMILES string of the molecule is COC(=O)c1cc(OC)c(OC)cc1NC(=O)C=Cc1ccc2ccccc2c1. The molecule has 0 aliphatic rings. The van der Waals surface area contributed by atoms with E-state index in [2.05, 4.69) is 5.32 Å². The van der Waals surface area contributed by atoms with E-state index in [1.807, 2.05) is 42.5 Å². The van der Waals surface area contributed by atoms with E-state index < -0.39 is 11.9 Å². The number of amides is 1. The van der Waals surface area contributed by atoms with Gasteiger partial charge in [0, 0.05) is 18.2 Å². The number of methoxy groups -OCH3 is 3. The Labute approximate surface area is 168 Å². The molecule has 1 N–H and O–H groups in total. The van der Waals surface area contributed by atoms with Gasteiger partial charge in [-0.15, -0.1) is 0 Å². The van der Waals surface area contributed by atoms with Crippen LogP contribution in [0.3, 0.4) is 0 Å². The van der Waals surface area contributed by atoms with Gasteiger partial charge >= 0.3 is 5.97 Å². The summed E-state index contributed by atoms with van der Waals surface area (Å²) >= 11 is 0. The van der Waals surface area contributed by atoms with Gasteiger partial charge < -0.3 is 19.5 Å². The normalized spacial score (nSPS) is 10.7. The Morgan fingerprint density at radius 3 is 2.24 bits per heavy atom. The summed E-state index contributed by atoms with van der Waals surface area (Å²) in [5, 5.41) is 4.91. The van der Waals surface area contributed by atoms with E-state index in [9.17, 15) is 9.59 Å². The molecule has 0 fully saturated rings. The van der Waals surface area contributed by atoms with Crippen LogP contribution in [0, 0.1) is 0 Å². The standard InChI is InChI=1S/C23H21NO5/c1-27-20-13-18(23(26)29-3)19(14-21(20)28-2)24-22(25)11-9-15-8-10-16-6-4-5-7-17(16)12-15/h4-14H,1-3H3,(H,24,25). The number of rotatable bonds is 6. The fourth-order valence-corrected chi connectivity index (χ4v) is 2.92. The highest BCUT2D eigenvalue weighted by atomic mass is 16.5. The smallest absolute Gasteiger partial charge is 0.340 e. The maximum atomic E-state index is 12.4. The lowest BCUT2D eigenvalue weighted by Crippen LogP contribution is -2.13. The Morgan fingerprint density at radius 1 is 0.862 bits per heavy atom. The van der Waals surface area contributed by atoms with Gasteiger partial charge in [-0.25, -0.2) is 4.79 Å². The van der Waals surface area contributed by atoms with Crippen molar-refractivity contribution in [1.29, 1.82) is 0 Å². The van der Waals surface area contributed by atoms with Crippen LogP contribution in [0.2, 0.25) is 0 Å². The van der Waals surface area contributed by atoms with Crippen molar-refractivity contribution in [3.05, 3.63) is 71.8 Å². The van der Waals surface area contributed by atoms with E-state index >= 15 is 0 Å². The Bertz CT molecular complexity index is 1090. The lowest BCUT2D eigenvalue weighted by Gasteiger charge is -2.14. The molecule has 0 saturated carbocycles. The first kappa shape index (κ1) is 19.9. The number of hydrogen-bond acceptors (Lipinski definition) is 5. The molecule has 29 heavy (non-hydrogen) atoms. The molecule has 3 aromatic carbocycles. The van der Waals surface area contributed by atoms with Crippen molar-refractivity contribution in [3.8, 4) is 11.5 Å². The third kappa shape index (κ3) is 4.55. The molecule has 6 nitrogen and oxygen atoms in total. The summed E-state index contributed by atoms with van der Waals surface area (Å²) in [5.74, 6) is -0.248. The molecule has 0 aromatic heterocycles. The summed E-state index contributed by atoms with van der Waals surface area (Å²) in [7, 11) is 4.20. The van der Waals surface area contributed by atoms with Crippen LogP contribution < -0.4 is 14.8 Å². The molecule has 1 amide bonds. The van der Waals surface area contributed by atoms with Gasteiger partial charge in [0.1, 0.15) is 0 Å². The van der Waals surface area contributed by atoms with Crippen LogP contribution in [-0.2, 0) is 9.53 Å². The van der Waals surface area contributed by atoms with Crippen LogP contribution in [0.15, 0.2) is 60.7 Å². The number of anilines is 1. The first-order valence-electron chi connectivity index (χ1n) is 8.88. The zero-order valence-electron chi connectivity index (χ0n) is 16.4. The van der Waals surface area contributed by atoms with E-state index in [4.69, 9.17) is 14.2 Å². The molecule has 0 bridgehead atoms. The van der Waals surface area contributed by atoms with Crippen LogP contribution >= 0.6 is 0 Å². The molecule has 0 saturated heterocycles. The van der Waals surface area contributed by atoms with Crippen molar-refractivity contribution >= 4 is 34.4 Å². The topological polar surface area (TPSA) is 73.9 Å². The monoisotopic (exact) mass is 391 g/mol. The first-order valence-corrected chi connectivity index (χ1v) is 8.88. The molecule has 0 spiro atoms. The number of carbonyl (C=O) groups is 2. The molecule has 0 aliphatic carbocycles. The summed E-state index contributed by atoms with van der Waals surface area (Å²) in [6, 6.07) is 16.9. The second-order valence-electron chi connectivity index (χ2n) is 6.17. The Morgan fingerprint density at radius 2 is 1.55 bits per heavy atom. The number of fused-ring (bicyclic) bond motifs is 1. The Hall–Kier alpha value is -3.80. The highest BCUT2D eigenvalue weighted by molar-refractivity contribution is 6.07. The second kappa shape index (κ2) is 8.93. The number of nitrogens with one attached hydrogen (secondary N) is 1. The third-order valence-electron chi connectivity index (χ3n) is 4.39. The van der Waals surface area contributed by atoms with Gasteiger partial charge in [-0.1, -0.05) is 36.4 Å². The fourth-order valence-electron chi connectivity index (χ4n) is 2.92. The molecule has 6 heteroatoms. The summed E-state index contributed by atoms with van der Waals surface area (Å²) in [6.45, 7) is 0. The predicted molar refractivity (Wildman–Crippen MR) is 112 cm³/mol. The first-order chi connectivity index (χ1) is 14.0. The summed E-state index contributed by atoms with van der Waals surface area (Å²) < 4.78 is 15.3. The molecule has 0 heterocycles. The van der Waals surface area contributed by atoms with Gasteiger partial charge in [0.05, 0.1) is 32.6 Å². The van der Waals surface area contributed by atoms with Crippen molar-refractivity contribution in [2.45, 2.75) is 0 Å². The molecule has 0 aliphatic heterocycles.